The number of hydrogen-bond acceptors (Lipinski definition) is 7. The van der Waals surface area contributed by atoms with Gasteiger partial charge in [0.05, 0.1) is 18.2 Å². The highest BCUT2D eigenvalue weighted by Gasteiger charge is 2.31. The summed E-state index contributed by atoms with van der Waals surface area (Å²) < 4.78 is 11.0. The molecule has 148 valence electrons. The van der Waals surface area contributed by atoms with Gasteiger partial charge in [0.2, 0.25) is 5.89 Å². The molecule has 0 radical (unpaired) electrons. The lowest BCUT2D eigenvalue weighted by molar-refractivity contribution is -0.139. The second-order valence-corrected chi connectivity index (χ2v) is 7.63. The molecule has 2 amide bonds. The van der Waals surface area contributed by atoms with Crippen LogP contribution in [0.15, 0.2) is 20.9 Å². The molecule has 27 heavy (non-hydrogen) atoms. The van der Waals surface area contributed by atoms with Gasteiger partial charge in [0.1, 0.15) is 0 Å². The summed E-state index contributed by atoms with van der Waals surface area (Å²) >= 11 is 1.32. The van der Waals surface area contributed by atoms with Crippen LogP contribution >= 0.6 is 11.8 Å². The summed E-state index contributed by atoms with van der Waals surface area (Å²) in [6.07, 6.45) is 6.44. The summed E-state index contributed by atoms with van der Waals surface area (Å²) in [6, 6.07) is -0.687. The number of carbonyl (C=O) groups is 2. The van der Waals surface area contributed by atoms with Crippen molar-refractivity contribution in [1.29, 1.82) is 0 Å². The molecule has 2 heterocycles. The summed E-state index contributed by atoms with van der Waals surface area (Å²) in [5, 5.41) is 14.2. The van der Waals surface area contributed by atoms with Gasteiger partial charge in [-0.15, -0.1) is 10.2 Å². The topological polar surface area (TPSA) is 106 Å². The third-order valence-electron chi connectivity index (χ3n) is 4.86. The minimum absolute atomic E-state index is 0.279. The lowest BCUT2D eigenvalue weighted by Gasteiger charge is -2.28. The van der Waals surface area contributed by atoms with Crippen LogP contribution in [0.3, 0.4) is 0 Å². The van der Waals surface area contributed by atoms with Gasteiger partial charge < -0.3 is 19.8 Å². The van der Waals surface area contributed by atoms with Gasteiger partial charge in [-0.25, -0.2) is 9.59 Å². The maximum absolute atomic E-state index is 12.4. The van der Waals surface area contributed by atoms with E-state index in [0.717, 1.165) is 12.8 Å². The zero-order valence-electron chi connectivity index (χ0n) is 15.7. The fourth-order valence-electron chi connectivity index (χ4n) is 3.50. The molecular weight excluding hydrogens is 368 g/mol. The van der Waals surface area contributed by atoms with Gasteiger partial charge in [-0.2, -0.15) is 0 Å². The summed E-state index contributed by atoms with van der Waals surface area (Å²) in [4.78, 5) is 24.3. The highest BCUT2D eigenvalue weighted by molar-refractivity contribution is 7.99. The molecule has 0 unspecified atom stereocenters. The average Bonchev–Trinajstić information content (AvgIpc) is 3.15. The normalized spacial score (nSPS) is 21.0. The smallest absolute Gasteiger partial charge is 0.337 e. The molecule has 1 aliphatic heterocycles. The van der Waals surface area contributed by atoms with Crippen LogP contribution in [0.25, 0.3) is 0 Å². The maximum Gasteiger partial charge on any atom is 0.337 e. The van der Waals surface area contributed by atoms with Gasteiger partial charge in [-0.1, -0.05) is 37.9 Å². The van der Waals surface area contributed by atoms with Gasteiger partial charge in [0, 0.05) is 17.4 Å². The Hall–Kier alpha value is -2.03. The first-order valence-corrected chi connectivity index (χ1v) is 10.5. The van der Waals surface area contributed by atoms with Crippen LogP contribution in [0.4, 0.5) is 4.79 Å². The van der Waals surface area contributed by atoms with E-state index in [1.54, 1.807) is 6.92 Å². The van der Waals surface area contributed by atoms with Crippen LogP contribution in [-0.4, -0.2) is 40.6 Å². The number of carbonyl (C=O) groups excluding carboxylic acids is 2. The summed E-state index contributed by atoms with van der Waals surface area (Å²) in [5.74, 6) is 0.973. The van der Waals surface area contributed by atoms with Crippen molar-refractivity contribution >= 4 is 23.8 Å². The minimum Gasteiger partial charge on any atom is -0.463 e. The molecule has 1 aliphatic carbocycles. The van der Waals surface area contributed by atoms with Crippen molar-refractivity contribution < 1.29 is 18.7 Å². The Morgan fingerprint density at radius 1 is 1.26 bits per heavy atom. The molecule has 3 rings (SSSR count). The van der Waals surface area contributed by atoms with Crippen LogP contribution in [-0.2, 0) is 9.53 Å². The molecule has 1 fully saturated rings. The van der Waals surface area contributed by atoms with Crippen molar-refractivity contribution in [3.05, 3.63) is 17.2 Å². The summed E-state index contributed by atoms with van der Waals surface area (Å²) in [6.45, 7) is 3.95. The first kappa shape index (κ1) is 19.7. The highest BCUT2D eigenvalue weighted by atomic mass is 32.2. The second kappa shape index (κ2) is 9.25. The average molecular weight is 394 g/mol. The lowest BCUT2D eigenvalue weighted by atomic mass is 9.89. The molecule has 0 aromatic carbocycles. The predicted molar refractivity (Wildman–Crippen MR) is 100 cm³/mol. The largest absolute Gasteiger partial charge is 0.463 e. The van der Waals surface area contributed by atoms with E-state index in [1.807, 2.05) is 6.92 Å². The Morgan fingerprint density at radius 2 is 2.04 bits per heavy atom. The molecule has 1 atom stereocenters. The quantitative estimate of drug-likeness (QED) is 0.540. The van der Waals surface area contributed by atoms with Gasteiger partial charge in [-0.05, 0) is 26.2 Å². The highest BCUT2D eigenvalue weighted by Crippen LogP contribution is 2.33. The molecule has 0 saturated heterocycles. The van der Waals surface area contributed by atoms with Crippen LogP contribution in [0, 0.1) is 0 Å². The Balaban J connectivity index is 1.72. The number of nitrogens with zero attached hydrogens (tertiary/aromatic N) is 2. The van der Waals surface area contributed by atoms with Crippen LogP contribution in [0.5, 0.6) is 0 Å². The Kier molecular flexibility index (Phi) is 6.76. The third kappa shape index (κ3) is 4.82. The van der Waals surface area contributed by atoms with E-state index in [9.17, 15) is 9.59 Å². The molecule has 9 heteroatoms. The fourth-order valence-corrected chi connectivity index (χ4v) is 4.24. The number of ether oxygens (including phenoxy) is 1. The fraction of sp³-hybridized carbons (Fsp3) is 0.667. The monoisotopic (exact) mass is 394 g/mol. The molecule has 1 aromatic rings. The van der Waals surface area contributed by atoms with E-state index in [2.05, 4.69) is 20.8 Å². The van der Waals surface area contributed by atoms with Crippen molar-refractivity contribution in [2.75, 3.05) is 12.4 Å². The number of hydrogen-bond donors (Lipinski definition) is 2. The van der Waals surface area contributed by atoms with E-state index >= 15 is 0 Å². The van der Waals surface area contributed by atoms with E-state index in [-0.39, 0.29) is 18.7 Å². The van der Waals surface area contributed by atoms with Crippen LogP contribution in [0.2, 0.25) is 0 Å². The molecule has 1 aromatic heterocycles. The lowest BCUT2D eigenvalue weighted by Crippen LogP contribution is -2.50. The van der Waals surface area contributed by atoms with Crippen molar-refractivity contribution in [2.24, 2.45) is 0 Å². The van der Waals surface area contributed by atoms with Gasteiger partial charge in [0.15, 0.2) is 0 Å². The molecule has 0 bridgehead atoms. The third-order valence-corrected chi connectivity index (χ3v) is 5.71. The van der Waals surface area contributed by atoms with Crippen LogP contribution < -0.4 is 10.6 Å². The van der Waals surface area contributed by atoms with Crippen molar-refractivity contribution in [3.63, 3.8) is 0 Å². The van der Waals surface area contributed by atoms with Gasteiger partial charge in [-0.3, -0.25) is 0 Å². The molecule has 1 saturated carbocycles. The number of esters is 1. The van der Waals surface area contributed by atoms with E-state index in [4.69, 9.17) is 9.15 Å². The standard InChI is InChI=1S/C18H26N4O4S/c1-3-12-14(16(23)25-4-2)13(20-17(24)19-12)10-27-18-22-21-15(26-18)11-8-6-5-7-9-11/h11-12H,3-10H2,1-2H3,(H2,19,20,24)/t12-/m0/s1. The molecule has 8 nitrogen and oxygen atoms in total. The molecule has 2 N–H and O–H groups in total. The molecule has 0 spiro atoms. The van der Waals surface area contributed by atoms with Crippen molar-refractivity contribution in [3.8, 4) is 0 Å². The Morgan fingerprint density at radius 3 is 2.74 bits per heavy atom. The molecular formula is C18H26N4O4S. The number of amides is 2. The summed E-state index contributed by atoms with van der Waals surface area (Å²) in [5.41, 5.74) is 0.991. The zero-order chi connectivity index (χ0) is 19.2. The van der Waals surface area contributed by atoms with Gasteiger partial charge >= 0.3 is 12.0 Å². The minimum atomic E-state index is -0.416. The second-order valence-electron chi connectivity index (χ2n) is 6.70. The van der Waals surface area contributed by atoms with Crippen molar-refractivity contribution in [1.82, 2.24) is 20.8 Å². The SMILES string of the molecule is CCOC(=O)C1=C(CSc2nnc(C3CCCCC3)o2)NC(=O)N[C@H]1CC. The van der Waals surface area contributed by atoms with E-state index in [0.29, 0.717) is 40.5 Å². The Bertz CT molecular complexity index is 712. The first-order valence-electron chi connectivity index (χ1n) is 9.56. The Labute approximate surface area is 162 Å². The number of urea groups is 1. The number of thioether (sulfide) groups is 1. The van der Waals surface area contributed by atoms with E-state index in [1.165, 1.54) is 31.0 Å². The predicted octanol–water partition coefficient (Wildman–Crippen LogP) is 3.12. The number of aromatic nitrogens is 2. The van der Waals surface area contributed by atoms with Gasteiger partial charge in [0.25, 0.3) is 5.22 Å². The number of nitrogens with one attached hydrogen (secondary N) is 2. The summed E-state index contributed by atoms with van der Waals surface area (Å²) in [7, 11) is 0. The maximum atomic E-state index is 12.4. The zero-order valence-corrected chi connectivity index (χ0v) is 16.6. The molecule has 2 aliphatic rings. The van der Waals surface area contributed by atoms with Crippen molar-refractivity contribution in [2.45, 2.75) is 69.6 Å². The van der Waals surface area contributed by atoms with Crippen LogP contribution in [0.1, 0.15) is 64.2 Å². The first-order chi connectivity index (χ1) is 13.1. The number of rotatable bonds is 7. The van der Waals surface area contributed by atoms with E-state index < -0.39 is 5.97 Å².